The van der Waals surface area contributed by atoms with Crippen LogP contribution in [0, 0.1) is 10.1 Å². The number of carbonyl (C=O) groups excluding carboxylic acids is 2. The third kappa shape index (κ3) is 4.66. The lowest BCUT2D eigenvalue weighted by atomic mass is 9.95. The quantitative estimate of drug-likeness (QED) is 0.211. The molecule has 0 aromatic heterocycles. The molecule has 2 aromatic carbocycles. The number of nitrogens with zero attached hydrogens (tertiary/aromatic N) is 3. The minimum atomic E-state index is -0.859. The first-order chi connectivity index (χ1) is 15.3. The number of halogens is 1. The fourth-order valence-corrected chi connectivity index (χ4v) is 3.91. The van der Waals surface area contributed by atoms with Gasteiger partial charge in [-0.2, -0.15) is 0 Å². The van der Waals surface area contributed by atoms with Gasteiger partial charge in [0.25, 0.3) is 17.4 Å². The van der Waals surface area contributed by atoms with Gasteiger partial charge < -0.3 is 14.9 Å². The number of hydrogen-bond donors (Lipinski definition) is 1. The van der Waals surface area contributed by atoms with Gasteiger partial charge in [-0.15, -0.1) is 0 Å². The smallest absolute Gasteiger partial charge is 0.295 e. The maximum absolute atomic E-state index is 13.0. The highest BCUT2D eigenvalue weighted by Gasteiger charge is 2.46. The maximum Gasteiger partial charge on any atom is 0.295 e. The van der Waals surface area contributed by atoms with Crippen molar-refractivity contribution in [2.45, 2.75) is 19.9 Å². The van der Waals surface area contributed by atoms with Crippen molar-refractivity contribution in [2.24, 2.45) is 0 Å². The number of likely N-dealkylation sites (tertiary alicyclic amines) is 1. The molecule has 1 aliphatic heterocycles. The standard InChI is InChI=1S/C23H24ClN3O5/c1-3-25(4-2)13-14-26-20(15-7-11-18(12-8-15)27(31)32)19(22(29)23(26)30)21(28)16-5-9-17(24)10-6-16/h5-12,20,28H,3-4,13-14H2,1-2H3/b21-19-. The molecule has 0 saturated carbocycles. The summed E-state index contributed by atoms with van der Waals surface area (Å²) in [7, 11) is 0. The van der Waals surface area contributed by atoms with E-state index in [4.69, 9.17) is 11.6 Å². The fraction of sp³-hybridized carbons (Fsp3) is 0.304. The Morgan fingerprint density at radius 3 is 2.22 bits per heavy atom. The second-order valence-corrected chi connectivity index (χ2v) is 7.81. The molecule has 1 fully saturated rings. The van der Waals surface area contributed by atoms with Crippen molar-refractivity contribution in [3.63, 3.8) is 0 Å². The predicted molar refractivity (Wildman–Crippen MR) is 121 cm³/mol. The fourth-order valence-electron chi connectivity index (χ4n) is 3.79. The van der Waals surface area contributed by atoms with Gasteiger partial charge in [0.15, 0.2) is 0 Å². The Morgan fingerprint density at radius 1 is 1.09 bits per heavy atom. The van der Waals surface area contributed by atoms with Crippen LogP contribution in [0.4, 0.5) is 5.69 Å². The van der Waals surface area contributed by atoms with Crippen LogP contribution >= 0.6 is 11.6 Å². The monoisotopic (exact) mass is 457 g/mol. The third-order valence-electron chi connectivity index (χ3n) is 5.63. The number of nitro benzene ring substituents is 1. The van der Waals surface area contributed by atoms with Gasteiger partial charge in [-0.25, -0.2) is 0 Å². The van der Waals surface area contributed by atoms with E-state index in [1.165, 1.54) is 29.2 Å². The second-order valence-electron chi connectivity index (χ2n) is 7.37. The molecule has 1 atom stereocenters. The van der Waals surface area contributed by atoms with Crippen molar-refractivity contribution < 1.29 is 19.6 Å². The summed E-state index contributed by atoms with van der Waals surface area (Å²) in [4.78, 5) is 40.0. The number of rotatable bonds is 8. The Labute approximate surface area is 190 Å². The van der Waals surface area contributed by atoms with E-state index in [-0.39, 0.29) is 23.6 Å². The van der Waals surface area contributed by atoms with E-state index in [1.807, 2.05) is 13.8 Å². The van der Waals surface area contributed by atoms with Crippen LogP contribution in [0.15, 0.2) is 54.1 Å². The molecule has 3 rings (SSSR count). The number of hydrogen-bond acceptors (Lipinski definition) is 6. The molecule has 1 N–H and O–H groups in total. The van der Waals surface area contributed by atoms with Gasteiger partial charge in [0, 0.05) is 35.8 Å². The average Bonchev–Trinajstić information content (AvgIpc) is 3.04. The molecule has 9 heteroatoms. The summed E-state index contributed by atoms with van der Waals surface area (Å²) >= 11 is 5.93. The number of ketones is 1. The summed E-state index contributed by atoms with van der Waals surface area (Å²) in [6.45, 7) is 6.40. The van der Waals surface area contributed by atoms with Gasteiger partial charge in [0.2, 0.25) is 0 Å². The summed E-state index contributed by atoms with van der Waals surface area (Å²) in [5.74, 6) is -1.81. The molecule has 1 saturated heterocycles. The van der Waals surface area contributed by atoms with Crippen molar-refractivity contribution in [1.29, 1.82) is 0 Å². The molecule has 32 heavy (non-hydrogen) atoms. The number of likely N-dealkylation sites (N-methyl/N-ethyl adjacent to an activating group) is 1. The highest BCUT2D eigenvalue weighted by Crippen LogP contribution is 2.39. The van der Waals surface area contributed by atoms with Gasteiger partial charge >= 0.3 is 0 Å². The Kier molecular flexibility index (Phi) is 7.27. The highest BCUT2D eigenvalue weighted by atomic mass is 35.5. The van der Waals surface area contributed by atoms with Crippen LogP contribution in [0.1, 0.15) is 31.0 Å². The normalized spacial score (nSPS) is 17.9. The van der Waals surface area contributed by atoms with Gasteiger partial charge in [0.05, 0.1) is 16.5 Å². The van der Waals surface area contributed by atoms with Crippen LogP contribution in [0.25, 0.3) is 5.76 Å². The number of carbonyl (C=O) groups is 2. The molecule has 2 aromatic rings. The lowest BCUT2D eigenvalue weighted by Gasteiger charge is -2.28. The maximum atomic E-state index is 13.0. The van der Waals surface area contributed by atoms with Crippen molar-refractivity contribution in [1.82, 2.24) is 9.80 Å². The molecular formula is C23H24ClN3O5. The molecule has 0 spiro atoms. The molecule has 8 nitrogen and oxygen atoms in total. The first-order valence-corrected chi connectivity index (χ1v) is 10.7. The third-order valence-corrected chi connectivity index (χ3v) is 5.88. The van der Waals surface area contributed by atoms with E-state index < -0.39 is 22.7 Å². The van der Waals surface area contributed by atoms with Gasteiger partial charge in [-0.3, -0.25) is 19.7 Å². The van der Waals surface area contributed by atoms with E-state index in [0.717, 1.165) is 13.1 Å². The summed E-state index contributed by atoms with van der Waals surface area (Å²) in [6, 6.07) is 11.1. The molecule has 1 unspecified atom stereocenters. The molecule has 0 radical (unpaired) electrons. The number of Topliss-reactive ketones (excluding diaryl/α,β-unsaturated/α-hetero) is 1. The van der Waals surface area contributed by atoms with Gasteiger partial charge in [0.1, 0.15) is 5.76 Å². The Morgan fingerprint density at radius 2 is 1.69 bits per heavy atom. The number of non-ortho nitro benzene ring substituents is 1. The lowest BCUT2D eigenvalue weighted by Crippen LogP contribution is -2.38. The van der Waals surface area contributed by atoms with E-state index in [9.17, 15) is 24.8 Å². The van der Waals surface area contributed by atoms with Crippen molar-refractivity contribution in [2.75, 3.05) is 26.2 Å². The zero-order chi connectivity index (χ0) is 23.4. The topological polar surface area (TPSA) is 104 Å². The molecule has 1 aliphatic rings. The van der Waals surface area contributed by atoms with Crippen LogP contribution in [-0.2, 0) is 9.59 Å². The first-order valence-electron chi connectivity index (χ1n) is 10.3. The lowest BCUT2D eigenvalue weighted by molar-refractivity contribution is -0.384. The Balaban J connectivity index is 2.10. The van der Waals surface area contributed by atoms with Crippen LogP contribution < -0.4 is 0 Å². The zero-order valence-electron chi connectivity index (χ0n) is 17.8. The van der Waals surface area contributed by atoms with E-state index in [0.29, 0.717) is 22.7 Å². The molecule has 0 bridgehead atoms. The summed E-state index contributed by atoms with van der Waals surface area (Å²) < 4.78 is 0. The number of benzene rings is 2. The molecule has 1 heterocycles. The summed E-state index contributed by atoms with van der Waals surface area (Å²) in [5.41, 5.74) is 0.699. The van der Waals surface area contributed by atoms with E-state index in [1.54, 1.807) is 24.3 Å². The van der Waals surface area contributed by atoms with E-state index >= 15 is 0 Å². The minimum Gasteiger partial charge on any atom is -0.507 e. The molecule has 0 aliphatic carbocycles. The Bertz CT molecular complexity index is 1050. The number of aliphatic hydroxyl groups is 1. The van der Waals surface area contributed by atoms with Crippen LogP contribution in [0.2, 0.25) is 5.02 Å². The minimum absolute atomic E-state index is 0.0503. The van der Waals surface area contributed by atoms with Crippen molar-refractivity contribution in [3.05, 3.63) is 80.4 Å². The number of amides is 1. The SMILES string of the molecule is CCN(CC)CCN1C(=O)C(=O)/C(=C(\O)c2ccc(Cl)cc2)C1c1ccc([N+](=O)[O-])cc1. The second kappa shape index (κ2) is 9.93. The van der Waals surface area contributed by atoms with Crippen LogP contribution in [0.3, 0.4) is 0 Å². The largest absolute Gasteiger partial charge is 0.507 e. The zero-order valence-corrected chi connectivity index (χ0v) is 18.6. The van der Waals surface area contributed by atoms with Gasteiger partial charge in [-0.1, -0.05) is 25.4 Å². The van der Waals surface area contributed by atoms with Crippen LogP contribution in [0.5, 0.6) is 0 Å². The number of nitro groups is 1. The van der Waals surface area contributed by atoms with Crippen LogP contribution in [-0.4, -0.2) is 57.7 Å². The summed E-state index contributed by atoms with van der Waals surface area (Å²) in [5, 5.41) is 22.5. The highest BCUT2D eigenvalue weighted by molar-refractivity contribution is 6.46. The summed E-state index contributed by atoms with van der Waals surface area (Å²) in [6.07, 6.45) is 0. The van der Waals surface area contributed by atoms with Gasteiger partial charge in [-0.05, 0) is 55.1 Å². The molecule has 1 amide bonds. The molecular weight excluding hydrogens is 434 g/mol. The average molecular weight is 458 g/mol. The Hall–Kier alpha value is -3.23. The molecule has 168 valence electrons. The first kappa shape index (κ1) is 23.4. The van der Waals surface area contributed by atoms with Crippen molar-refractivity contribution in [3.8, 4) is 0 Å². The predicted octanol–water partition coefficient (Wildman–Crippen LogP) is 4.01. The van der Waals surface area contributed by atoms with E-state index in [2.05, 4.69) is 4.90 Å². The number of aliphatic hydroxyl groups excluding tert-OH is 1. The van der Waals surface area contributed by atoms with Crippen molar-refractivity contribution >= 4 is 34.7 Å².